The molecule has 2 rings (SSSR count). The topological polar surface area (TPSA) is 102 Å². The fourth-order valence-electron chi connectivity index (χ4n) is 2.44. The first-order valence-corrected chi connectivity index (χ1v) is 8.31. The van der Waals surface area contributed by atoms with Crippen molar-refractivity contribution >= 4 is 28.6 Å². The minimum absolute atomic E-state index is 0.123. The lowest BCUT2D eigenvalue weighted by Crippen LogP contribution is -2.44. The number of nitrogens with one attached hydrogen (secondary N) is 1. The van der Waals surface area contributed by atoms with E-state index in [4.69, 9.17) is 9.47 Å². The van der Waals surface area contributed by atoms with Gasteiger partial charge in [0.15, 0.2) is 6.04 Å². The van der Waals surface area contributed by atoms with E-state index in [-0.39, 0.29) is 12.0 Å². The van der Waals surface area contributed by atoms with Crippen LogP contribution in [0.2, 0.25) is 0 Å². The molecule has 138 valence electrons. The van der Waals surface area contributed by atoms with Crippen LogP contribution in [-0.2, 0) is 14.3 Å². The molecule has 7 heteroatoms. The van der Waals surface area contributed by atoms with Gasteiger partial charge in [0.1, 0.15) is 12.4 Å². The summed E-state index contributed by atoms with van der Waals surface area (Å²) >= 11 is 0. The number of rotatable bonds is 8. The zero-order valence-corrected chi connectivity index (χ0v) is 14.7. The smallest absolute Gasteiger partial charge is 0.329 e. The number of ether oxygens (including phenoxy) is 2. The van der Waals surface area contributed by atoms with Gasteiger partial charge in [-0.3, -0.25) is 9.59 Å². The molecule has 0 aliphatic rings. The zero-order valence-electron chi connectivity index (χ0n) is 14.7. The van der Waals surface area contributed by atoms with Gasteiger partial charge >= 0.3 is 11.9 Å². The normalized spacial score (nSPS) is 11.6. The molecular weight excluding hydrogens is 338 g/mol. The van der Waals surface area contributed by atoms with Crippen LogP contribution in [0.25, 0.3) is 10.8 Å². The highest BCUT2D eigenvalue weighted by Crippen LogP contribution is 2.28. The number of carbonyl (C=O) groups is 3. The van der Waals surface area contributed by atoms with Gasteiger partial charge in [-0.2, -0.15) is 0 Å². The highest BCUT2D eigenvalue weighted by Gasteiger charge is 2.25. The lowest BCUT2D eigenvalue weighted by Gasteiger charge is -2.17. The Labute approximate surface area is 150 Å². The number of fused-ring (bicyclic) bond motifs is 1. The molecule has 0 saturated carbocycles. The summed E-state index contributed by atoms with van der Waals surface area (Å²) in [5, 5.41) is 13.2. The van der Waals surface area contributed by atoms with E-state index in [1.807, 2.05) is 18.2 Å². The average Bonchev–Trinajstić information content (AvgIpc) is 2.64. The Kier molecular flexibility index (Phi) is 6.54. The van der Waals surface area contributed by atoms with Crippen LogP contribution < -0.4 is 10.1 Å². The Bertz CT molecular complexity index is 817. The van der Waals surface area contributed by atoms with Crippen molar-refractivity contribution in [2.24, 2.45) is 0 Å². The van der Waals surface area contributed by atoms with E-state index in [1.165, 1.54) is 0 Å². The lowest BCUT2D eigenvalue weighted by molar-refractivity contribution is -0.148. The third-order valence-electron chi connectivity index (χ3n) is 3.72. The number of amides is 1. The molecule has 1 amide bonds. The molecule has 0 radical (unpaired) electrons. The molecule has 26 heavy (non-hydrogen) atoms. The van der Waals surface area contributed by atoms with Gasteiger partial charge < -0.3 is 19.9 Å². The second-order valence-corrected chi connectivity index (χ2v) is 5.49. The fourth-order valence-corrected chi connectivity index (χ4v) is 2.44. The third-order valence-corrected chi connectivity index (χ3v) is 3.72. The molecule has 2 aromatic rings. The van der Waals surface area contributed by atoms with E-state index in [1.54, 1.807) is 32.0 Å². The van der Waals surface area contributed by atoms with Gasteiger partial charge in [-0.1, -0.05) is 37.3 Å². The van der Waals surface area contributed by atoms with Crippen molar-refractivity contribution in [3.63, 3.8) is 0 Å². The largest absolute Gasteiger partial charge is 0.493 e. The van der Waals surface area contributed by atoms with Crippen LogP contribution in [0.1, 0.15) is 30.6 Å². The van der Waals surface area contributed by atoms with Crippen LogP contribution in [0.3, 0.4) is 0 Å². The minimum Gasteiger partial charge on any atom is -0.493 e. The molecule has 2 aromatic carbocycles. The van der Waals surface area contributed by atoms with Gasteiger partial charge in [0, 0.05) is 6.42 Å². The predicted octanol–water partition coefficient (Wildman–Crippen LogP) is 2.37. The van der Waals surface area contributed by atoms with Crippen LogP contribution in [0.5, 0.6) is 5.75 Å². The number of carboxylic acid groups (broad SMARTS) is 1. The summed E-state index contributed by atoms with van der Waals surface area (Å²) in [6.07, 6.45) is 0.123. The molecule has 7 nitrogen and oxygen atoms in total. The van der Waals surface area contributed by atoms with Crippen molar-refractivity contribution in [2.75, 3.05) is 13.2 Å². The summed E-state index contributed by atoms with van der Waals surface area (Å²) < 4.78 is 10.4. The summed E-state index contributed by atoms with van der Waals surface area (Å²) in [6, 6.07) is 9.38. The first-order chi connectivity index (χ1) is 12.5. The van der Waals surface area contributed by atoms with E-state index < -0.39 is 30.5 Å². The highest BCUT2D eigenvalue weighted by atomic mass is 16.5. The molecule has 0 aromatic heterocycles. The molecule has 0 bridgehead atoms. The minimum atomic E-state index is -1.36. The first-order valence-electron chi connectivity index (χ1n) is 8.31. The Hall–Kier alpha value is -3.09. The number of carbonyl (C=O) groups excluding carboxylic acids is 2. The molecule has 0 aliphatic carbocycles. The maximum absolute atomic E-state index is 12.8. The highest BCUT2D eigenvalue weighted by molar-refractivity contribution is 6.10. The van der Waals surface area contributed by atoms with Gasteiger partial charge in [-0.15, -0.1) is 0 Å². The molecule has 0 unspecified atom stereocenters. The quantitative estimate of drug-likeness (QED) is 0.702. The molecule has 0 fully saturated rings. The summed E-state index contributed by atoms with van der Waals surface area (Å²) in [7, 11) is 0. The summed E-state index contributed by atoms with van der Waals surface area (Å²) in [6.45, 7) is 3.31. The average molecular weight is 359 g/mol. The van der Waals surface area contributed by atoms with E-state index in [0.29, 0.717) is 17.7 Å². The maximum Gasteiger partial charge on any atom is 0.329 e. The van der Waals surface area contributed by atoms with Crippen molar-refractivity contribution < 1.29 is 29.0 Å². The number of hydrogen-bond donors (Lipinski definition) is 2. The Balaban J connectivity index is 2.33. The predicted molar refractivity (Wildman–Crippen MR) is 95.3 cm³/mol. The van der Waals surface area contributed by atoms with Crippen LogP contribution in [0.4, 0.5) is 0 Å². The molecule has 0 spiro atoms. The molecule has 1 atom stereocenters. The van der Waals surface area contributed by atoms with Crippen LogP contribution in [0.15, 0.2) is 36.4 Å². The Morgan fingerprint density at radius 1 is 1.12 bits per heavy atom. The van der Waals surface area contributed by atoms with Crippen molar-refractivity contribution in [2.45, 2.75) is 26.3 Å². The van der Waals surface area contributed by atoms with Gasteiger partial charge in [-0.25, -0.2) is 4.79 Å². The second-order valence-electron chi connectivity index (χ2n) is 5.49. The second kappa shape index (κ2) is 8.84. The Morgan fingerprint density at radius 2 is 1.85 bits per heavy atom. The van der Waals surface area contributed by atoms with Gasteiger partial charge in [0.05, 0.1) is 12.2 Å². The third kappa shape index (κ3) is 4.50. The van der Waals surface area contributed by atoms with Crippen LogP contribution >= 0.6 is 0 Å². The van der Waals surface area contributed by atoms with Gasteiger partial charge in [0.2, 0.25) is 0 Å². The van der Waals surface area contributed by atoms with Crippen LogP contribution in [-0.4, -0.2) is 42.2 Å². The summed E-state index contributed by atoms with van der Waals surface area (Å²) in [4.78, 5) is 35.5. The number of carboxylic acids is 1. The van der Waals surface area contributed by atoms with E-state index >= 15 is 0 Å². The molecule has 0 saturated heterocycles. The number of aliphatic carboxylic acids is 1. The van der Waals surface area contributed by atoms with Crippen molar-refractivity contribution in [1.82, 2.24) is 5.32 Å². The monoisotopic (exact) mass is 359 g/mol. The molecular formula is C19H21NO6. The molecule has 0 aliphatic heterocycles. The molecule has 0 heterocycles. The zero-order chi connectivity index (χ0) is 19.1. The van der Waals surface area contributed by atoms with Crippen molar-refractivity contribution in [3.05, 3.63) is 42.0 Å². The number of hydrogen-bond acceptors (Lipinski definition) is 5. The van der Waals surface area contributed by atoms with E-state index in [9.17, 15) is 19.5 Å². The van der Waals surface area contributed by atoms with Gasteiger partial charge in [-0.05, 0) is 23.8 Å². The summed E-state index contributed by atoms with van der Waals surface area (Å²) in [5.41, 5.74) is 0.248. The van der Waals surface area contributed by atoms with E-state index in [0.717, 1.165) is 5.39 Å². The fraction of sp³-hybridized carbons (Fsp3) is 0.316. The number of esters is 1. The first kappa shape index (κ1) is 19.2. The Morgan fingerprint density at radius 3 is 2.50 bits per heavy atom. The lowest BCUT2D eigenvalue weighted by atomic mass is 10.0. The van der Waals surface area contributed by atoms with Crippen LogP contribution in [0, 0.1) is 0 Å². The summed E-state index contributed by atoms with van der Waals surface area (Å²) in [5.74, 6) is -2.07. The van der Waals surface area contributed by atoms with Gasteiger partial charge in [0.25, 0.3) is 5.91 Å². The SMILES string of the molecule is CCOc1ccc2ccccc2c1C(=O)N[C@@H](COC(=O)CC)C(=O)O. The standard InChI is InChI=1S/C19H21NO6/c1-3-16(21)26-11-14(19(23)24)20-18(22)17-13-8-6-5-7-12(13)9-10-15(17)25-4-2/h5-10,14H,3-4,11H2,1-2H3,(H,20,22)(H,23,24)/t14-/m0/s1. The maximum atomic E-state index is 12.8. The molecule has 2 N–H and O–H groups in total. The van der Waals surface area contributed by atoms with Crippen molar-refractivity contribution in [3.8, 4) is 5.75 Å². The number of benzene rings is 2. The van der Waals surface area contributed by atoms with Crippen molar-refractivity contribution in [1.29, 1.82) is 0 Å². The van der Waals surface area contributed by atoms with E-state index in [2.05, 4.69) is 5.32 Å².